The summed E-state index contributed by atoms with van der Waals surface area (Å²) in [5, 5.41) is 8.90. The van der Waals surface area contributed by atoms with Crippen LogP contribution < -0.4 is 0 Å². The molecule has 4 nitrogen and oxygen atoms in total. The molecule has 0 aliphatic carbocycles. The highest BCUT2D eigenvalue weighted by molar-refractivity contribution is 5.88. The van der Waals surface area contributed by atoms with Crippen molar-refractivity contribution in [2.45, 2.75) is 26.7 Å². The van der Waals surface area contributed by atoms with Crippen LogP contribution in [0.5, 0.6) is 0 Å². The largest absolute Gasteiger partial charge is 0.481 e. The Hall–Kier alpha value is -1.32. The lowest BCUT2D eigenvalue weighted by molar-refractivity contribution is -0.144. The molecule has 0 aromatic rings. The number of carbonyl (C=O) groups is 2. The van der Waals surface area contributed by atoms with E-state index in [-0.39, 0.29) is 5.91 Å². The average Bonchev–Trinajstić information content (AvgIpc) is 2.26. The Morgan fingerprint density at radius 2 is 2.12 bits per heavy atom. The van der Waals surface area contributed by atoms with E-state index < -0.39 is 11.9 Å². The normalized spacial score (nSPS) is 21.7. The van der Waals surface area contributed by atoms with Crippen LogP contribution in [-0.2, 0) is 9.59 Å². The summed E-state index contributed by atoms with van der Waals surface area (Å²) in [7, 11) is 0. The van der Waals surface area contributed by atoms with Crippen molar-refractivity contribution in [3.63, 3.8) is 0 Å². The summed E-state index contributed by atoms with van der Waals surface area (Å²) in [6.07, 6.45) is 4.84. The Morgan fingerprint density at radius 1 is 1.44 bits per heavy atom. The summed E-state index contributed by atoms with van der Waals surface area (Å²) in [4.78, 5) is 24.2. The maximum absolute atomic E-state index is 11.7. The topological polar surface area (TPSA) is 57.6 Å². The number of piperidine rings is 1. The highest BCUT2D eigenvalue weighted by atomic mass is 16.4. The molecule has 0 aromatic carbocycles. The van der Waals surface area contributed by atoms with Gasteiger partial charge in [-0.25, -0.2) is 0 Å². The Labute approximate surface area is 95.9 Å². The molecule has 1 fully saturated rings. The lowest BCUT2D eigenvalue weighted by Gasteiger charge is -2.29. The fraction of sp³-hybridized carbons (Fsp3) is 0.667. The number of hydrogen-bond donors (Lipinski definition) is 1. The van der Waals surface area contributed by atoms with Gasteiger partial charge in [0, 0.05) is 13.1 Å². The van der Waals surface area contributed by atoms with Gasteiger partial charge >= 0.3 is 5.97 Å². The van der Waals surface area contributed by atoms with Crippen molar-refractivity contribution in [1.29, 1.82) is 0 Å². The maximum atomic E-state index is 11.7. The van der Waals surface area contributed by atoms with Crippen molar-refractivity contribution in [2.24, 2.45) is 11.8 Å². The van der Waals surface area contributed by atoms with E-state index in [0.29, 0.717) is 25.4 Å². The van der Waals surface area contributed by atoms with Crippen LogP contribution in [0.25, 0.3) is 0 Å². The van der Waals surface area contributed by atoms with Crippen LogP contribution >= 0.6 is 0 Å². The van der Waals surface area contributed by atoms with Crippen molar-refractivity contribution < 1.29 is 14.7 Å². The minimum Gasteiger partial charge on any atom is -0.481 e. The predicted molar refractivity (Wildman–Crippen MR) is 60.9 cm³/mol. The molecule has 90 valence electrons. The van der Waals surface area contributed by atoms with E-state index in [1.54, 1.807) is 11.0 Å². The first-order valence-electron chi connectivity index (χ1n) is 5.70. The summed E-state index contributed by atoms with van der Waals surface area (Å²) >= 11 is 0. The number of rotatable bonds is 3. The lowest BCUT2D eigenvalue weighted by Crippen LogP contribution is -2.41. The number of hydrogen-bond acceptors (Lipinski definition) is 2. The predicted octanol–water partition coefficient (Wildman–Crippen LogP) is 1.52. The molecule has 0 saturated carbocycles. The molecule has 0 spiro atoms. The van der Waals surface area contributed by atoms with Gasteiger partial charge in [0.25, 0.3) is 0 Å². The van der Waals surface area contributed by atoms with E-state index >= 15 is 0 Å². The van der Waals surface area contributed by atoms with Gasteiger partial charge in [-0.15, -0.1) is 0 Å². The Balaban J connectivity index is 2.53. The van der Waals surface area contributed by atoms with Crippen LogP contribution in [0.2, 0.25) is 0 Å². The molecule has 1 heterocycles. The van der Waals surface area contributed by atoms with Crippen LogP contribution in [0.4, 0.5) is 0 Å². The lowest BCUT2D eigenvalue weighted by atomic mass is 9.98. The summed E-state index contributed by atoms with van der Waals surface area (Å²) in [6.45, 7) is 5.02. The molecule has 1 aliphatic rings. The van der Waals surface area contributed by atoms with Gasteiger partial charge in [0.15, 0.2) is 0 Å². The second-order valence-electron chi connectivity index (χ2n) is 4.56. The van der Waals surface area contributed by atoms with Crippen LogP contribution in [0.3, 0.4) is 0 Å². The third-order valence-corrected chi connectivity index (χ3v) is 2.71. The summed E-state index contributed by atoms with van der Waals surface area (Å²) < 4.78 is 0. The van der Waals surface area contributed by atoms with Gasteiger partial charge in [0.05, 0.1) is 5.92 Å². The molecular weight excluding hydrogens is 206 g/mol. The fourth-order valence-corrected chi connectivity index (χ4v) is 1.76. The minimum absolute atomic E-state index is 0.0698. The Morgan fingerprint density at radius 3 is 2.69 bits per heavy atom. The number of amides is 1. The molecule has 4 heteroatoms. The van der Waals surface area contributed by atoms with Crippen molar-refractivity contribution in [1.82, 2.24) is 4.90 Å². The van der Waals surface area contributed by atoms with E-state index in [1.807, 2.05) is 19.9 Å². The maximum Gasteiger partial charge on any atom is 0.308 e. The van der Waals surface area contributed by atoms with E-state index in [4.69, 9.17) is 5.11 Å². The molecule has 16 heavy (non-hydrogen) atoms. The fourth-order valence-electron chi connectivity index (χ4n) is 1.76. The minimum atomic E-state index is -0.801. The van der Waals surface area contributed by atoms with Crippen molar-refractivity contribution in [3.05, 3.63) is 12.2 Å². The summed E-state index contributed by atoms with van der Waals surface area (Å²) in [5.74, 6) is -0.931. The van der Waals surface area contributed by atoms with Crippen LogP contribution in [-0.4, -0.2) is 35.0 Å². The third-order valence-electron chi connectivity index (χ3n) is 2.71. The number of aliphatic carboxylic acids is 1. The van der Waals surface area contributed by atoms with Crippen molar-refractivity contribution in [2.75, 3.05) is 13.1 Å². The molecule has 0 aromatic heterocycles. The zero-order chi connectivity index (χ0) is 12.1. The molecule has 1 N–H and O–H groups in total. The van der Waals surface area contributed by atoms with Crippen LogP contribution in [0.1, 0.15) is 26.7 Å². The molecule has 1 aliphatic heterocycles. The van der Waals surface area contributed by atoms with Crippen LogP contribution in [0.15, 0.2) is 12.2 Å². The second kappa shape index (κ2) is 5.68. The van der Waals surface area contributed by atoms with Gasteiger partial charge in [-0.05, 0) is 24.8 Å². The zero-order valence-electron chi connectivity index (χ0n) is 9.85. The van der Waals surface area contributed by atoms with Gasteiger partial charge in [0.2, 0.25) is 5.91 Å². The monoisotopic (exact) mass is 225 g/mol. The van der Waals surface area contributed by atoms with Crippen molar-refractivity contribution >= 4 is 11.9 Å². The molecule has 0 bridgehead atoms. The molecule has 1 rings (SSSR count). The van der Waals surface area contributed by atoms with Crippen molar-refractivity contribution in [3.8, 4) is 0 Å². The Bertz CT molecular complexity index is 297. The average molecular weight is 225 g/mol. The van der Waals surface area contributed by atoms with E-state index in [1.165, 1.54) is 0 Å². The van der Waals surface area contributed by atoms with E-state index in [2.05, 4.69) is 0 Å². The first kappa shape index (κ1) is 12.7. The first-order valence-corrected chi connectivity index (χ1v) is 5.70. The SMILES string of the molecule is CC(C)/C=C/C(=O)N1CCCC(C(=O)O)C1. The van der Waals surface area contributed by atoms with E-state index in [9.17, 15) is 9.59 Å². The number of carboxylic acids is 1. The summed E-state index contributed by atoms with van der Waals surface area (Å²) in [5.41, 5.74) is 0. The van der Waals surface area contributed by atoms with Gasteiger partial charge in [0.1, 0.15) is 0 Å². The number of nitrogens with zero attached hydrogens (tertiary/aromatic N) is 1. The third kappa shape index (κ3) is 3.68. The molecule has 1 unspecified atom stereocenters. The second-order valence-corrected chi connectivity index (χ2v) is 4.56. The highest BCUT2D eigenvalue weighted by Gasteiger charge is 2.26. The number of carboxylic acid groups (broad SMARTS) is 1. The smallest absolute Gasteiger partial charge is 0.308 e. The number of carbonyl (C=O) groups excluding carboxylic acids is 1. The standard InChI is InChI=1S/C12H19NO3/c1-9(2)5-6-11(14)13-7-3-4-10(8-13)12(15)16/h5-6,9-10H,3-4,7-8H2,1-2H3,(H,15,16)/b6-5+. The highest BCUT2D eigenvalue weighted by Crippen LogP contribution is 2.16. The van der Waals surface area contributed by atoms with Gasteiger partial charge in [-0.1, -0.05) is 19.9 Å². The van der Waals surface area contributed by atoms with Gasteiger partial charge in [-0.2, -0.15) is 0 Å². The molecular formula is C12H19NO3. The first-order chi connectivity index (χ1) is 7.50. The number of allylic oxidation sites excluding steroid dienone is 1. The molecule has 1 saturated heterocycles. The molecule has 1 atom stereocenters. The van der Waals surface area contributed by atoms with Crippen LogP contribution in [0, 0.1) is 11.8 Å². The summed E-state index contributed by atoms with van der Waals surface area (Å²) in [6, 6.07) is 0. The number of likely N-dealkylation sites (tertiary alicyclic amines) is 1. The molecule has 0 radical (unpaired) electrons. The van der Waals surface area contributed by atoms with Gasteiger partial charge in [-0.3, -0.25) is 9.59 Å². The molecule has 1 amide bonds. The quantitative estimate of drug-likeness (QED) is 0.741. The van der Waals surface area contributed by atoms with Gasteiger partial charge < -0.3 is 10.0 Å². The Kier molecular flexibility index (Phi) is 4.52. The van der Waals surface area contributed by atoms with E-state index in [0.717, 1.165) is 6.42 Å². The zero-order valence-corrected chi connectivity index (χ0v) is 9.85.